The first-order valence-corrected chi connectivity index (χ1v) is 8.85. The number of rotatable bonds is 8. The summed E-state index contributed by atoms with van der Waals surface area (Å²) in [6, 6.07) is 16.7. The van der Waals surface area contributed by atoms with Crippen molar-refractivity contribution in [1.29, 1.82) is 0 Å². The van der Waals surface area contributed by atoms with Gasteiger partial charge in [0.2, 0.25) is 5.75 Å². The number of para-hydroxylation sites is 1. The van der Waals surface area contributed by atoms with Crippen LogP contribution in [0.15, 0.2) is 60.8 Å². The molecule has 0 bridgehead atoms. The van der Waals surface area contributed by atoms with Crippen molar-refractivity contribution >= 4 is 5.91 Å². The van der Waals surface area contributed by atoms with Gasteiger partial charge in [-0.15, -0.1) is 0 Å². The highest BCUT2D eigenvalue weighted by Crippen LogP contribution is 2.36. The van der Waals surface area contributed by atoms with E-state index in [2.05, 4.69) is 10.4 Å². The molecule has 0 spiro atoms. The lowest BCUT2D eigenvalue weighted by Gasteiger charge is -2.14. The van der Waals surface area contributed by atoms with Crippen molar-refractivity contribution < 1.29 is 19.0 Å². The average Bonchev–Trinajstić information content (AvgIpc) is 3.21. The molecule has 7 nitrogen and oxygen atoms in total. The standard InChI is InChI=1S/C21H23N3O4/c1-15(16-8-5-4-6-9-16)22-21(25)17-12-13-24(23-17)14-28-20-18(26-2)10-7-11-19(20)27-3/h4-13,15H,14H2,1-3H3,(H,22,25). The van der Waals surface area contributed by atoms with E-state index >= 15 is 0 Å². The number of hydrogen-bond acceptors (Lipinski definition) is 5. The van der Waals surface area contributed by atoms with Crippen LogP contribution in [0.1, 0.15) is 29.0 Å². The second-order valence-electron chi connectivity index (χ2n) is 6.11. The second-order valence-corrected chi connectivity index (χ2v) is 6.11. The number of nitrogens with one attached hydrogen (secondary N) is 1. The average molecular weight is 381 g/mol. The minimum absolute atomic E-state index is 0.109. The summed E-state index contributed by atoms with van der Waals surface area (Å²) < 4.78 is 17.9. The zero-order valence-electron chi connectivity index (χ0n) is 16.1. The zero-order valence-corrected chi connectivity index (χ0v) is 16.1. The molecule has 7 heteroatoms. The second kappa shape index (κ2) is 8.94. The van der Waals surface area contributed by atoms with Crippen LogP contribution in [0, 0.1) is 0 Å². The third-order valence-electron chi connectivity index (χ3n) is 4.24. The Balaban J connectivity index is 1.64. The smallest absolute Gasteiger partial charge is 0.272 e. The molecule has 0 fully saturated rings. The minimum atomic E-state index is -0.245. The van der Waals surface area contributed by atoms with Crippen molar-refractivity contribution in [3.05, 3.63) is 72.1 Å². The van der Waals surface area contributed by atoms with Crippen LogP contribution < -0.4 is 19.5 Å². The number of nitrogens with zero attached hydrogens (tertiary/aromatic N) is 2. The van der Waals surface area contributed by atoms with E-state index in [1.54, 1.807) is 38.6 Å². The van der Waals surface area contributed by atoms with Crippen molar-refractivity contribution in [2.24, 2.45) is 0 Å². The minimum Gasteiger partial charge on any atom is -0.493 e. The van der Waals surface area contributed by atoms with E-state index < -0.39 is 0 Å². The predicted molar refractivity (Wildman–Crippen MR) is 105 cm³/mol. The first kappa shape index (κ1) is 19.3. The number of hydrogen-bond donors (Lipinski definition) is 1. The largest absolute Gasteiger partial charge is 0.493 e. The molecular formula is C21H23N3O4. The molecule has 1 aromatic heterocycles. The van der Waals surface area contributed by atoms with Gasteiger partial charge in [0.25, 0.3) is 5.91 Å². The lowest BCUT2D eigenvalue weighted by Crippen LogP contribution is -2.27. The molecule has 2 aromatic carbocycles. The molecule has 0 aliphatic carbocycles. The number of amides is 1. The number of aromatic nitrogens is 2. The van der Waals surface area contributed by atoms with E-state index in [1.165, 1.54) is 4.68 Å². The van der Waals surface area contributed by atoms with E-state index in [0.29, 0.717) is 22.9 Å². The molecule has 0 radical (unpaired) electrons. The number of ether oxygens (including phenoxy) is 3. The summed E-state index contributed by atoms with van der Waals surface area (Å²) in [6.45, 7) is 2.04. The molecule has 146 valence electrons. The first-order chi connectivity index (χ1) is 13.6. The maximum atomic E-state index is 12.4. The number of methoxy groups -OCH3 is 2. The summed E-state index contributed by atoms with van der Waals surface area (Å²) in [7, 11) is 3.12. The Labute approximate surface area is 163 Å². The van der Waals surface area contributed by atoms with Crippen molar-refractivity contribution in [3.63, 3.8) is 0 Å². The Morgan fingerprint density at radius 3 is 2.36 bits per heavy atom. The van der Waals surface area contributed by atoms with Crippen LogP contribution in [0.25, 0.3) is 0 Å². The number of carbonyl (C=O) groups is 1. The fraction of sp³-hybridized carbons (Fsp3) is 0.238. The monoisotopic (exact) mass is 381 g/mol. The Bertz CT molecular complexity index is 902. The molecule has 3 aromatic rings. The van der Waals surface area contributed by atoms with Crippen molar-refractivity contribution in [3.8, 4) is 17.2 Å². The molecule has 1 heterocycles. The highest BCUT2D eigenvalue weighted by atomic mass is 16.5. The van der Waals surface area contributed by atoms with Gasteiger partial charge < -0.3 is 19.5 Å². The first-order valence-electron chi connectivity index (χ1n) is 8.85. The molecule has 0 aliphatic heterocycles. The van der Waals surface area contributed by atoms with Gasteiger partial charge >= 0.3 is 0 Å². The van der Waals surface area contributed by atoms with Gasteiger partial charge in [0, 0.05) is 6.20 Å². The van der Waals surface area contributed by atoms with Gasteiger partial charge in [-0.3, -0.25) is 4.79 Å². The predicted octanol–water partition coefficient (Wildman–Crippen LogP) is 3.43. The van der Waals surface area contributed by atoms with Crippen LogP contribution in [0.4, 0.5) is 0 Å². The molecule has 0 aliphatic rings. The normalized spacial score (nSPS) is 11.5. The molecule has 1 amide bonds. The van der Waals surface area contributed by atoms with Crippen LogP contribution in [-0.2, 0) is 6.73 Å². The third kappa shape index (κ3) is 4.43. The summed E-state index contributed by atoms with van der Waals surface area (Å²) in [5, 5.41) is 7.22. The highest BCUT2D eigenvalue weighted by Gasteiger charge is 2.15. The maximum absolute atomic E-state index is 12.4. The van der Waals surface area contributed by atoms with E-state index in [4.69, 9.17) is 14.2 Å². The van der Waals surface area contributed by atoms with Gasteiger partial charge in [0.15, 0.2) is 18.2 Å². The molecule has 1 N–H and O–H groups in total. The van der Waals surface area contributed by atoms with Gasteiger partial charge in [0.1, 0.15) is 5.69 Å². The molecule has 3 rings (SSSR count). The van der Waals surface area contributed by atoms with Crippen molar-refractivity contribution in [1.82, 2.24) is 15.1 Å². The molecule has 0 saturated heterocycles. The van der Waals surface area contributed by atoms with Crippen LogP contribution in [-0.4, -0.2) is 29.9 Å². The lowest BCUT2D eigenvalue weighted by molar-refractivity contribution is 0.0932. The Kier molecular flexibility index (Phi) is 6.16. The van der Waals surface area contributed by atoms with Crippen LogP contribution in [0.2, 0.25) is 0 Å². The fourth-order valence-corrected chi connectivity index (χ4v) is 2.74. The summed E-state index contributed by atoms with van der Waals surface area (Å²) in [4.78, 5) is 12.4. The van der Waals surface area contributed by atoms with Crippen LogP contribution in [0.3, 0.4) is 0 Å². The molecule has 28 heavy (non-hydrogen) atoms. The van der Waals surface area contributed by atoms with Crippen LogP contribution in [0.5, 0.6) is 17.2 Å². The van der Waals surface area contributed by atoms with Gasteiger partial charge in [-0.05, 0) is 30.7 Å². The van der Waals surface area contributed by atoms with Gasteiger partial charge in [-0.2, -0.15) is 5.10 Å². The molecule has 1 unspecified atom stereocenters. The summed E-state index contributed by atoms with van der Waals surface area (Å²) >= 11 is 0. The van der Waals surface area contributed by atoms with Crippen molar-refractivity contribution in [2.75, 3.05) is 14.2 Å². The highest BCUT2D eigenvalue weighted by molar-refractivity contribution is 5.92. The van der Waals surface area contributed by atoms with Crippen molar-refractivity contribution in [2.45, 2.75) is 19.7 Å². The van der Waals surface area contributed by atoms with Gasteiger partial charge in [-0.1, -0.05) is 36.4 Å². The Morgan fingerprint density at radius 1 is 1.04 bits per heavy atom. The summed E-state index contributed by atoms with van der Waals surface area (Å²) in [5.41, 5.74) is 1.35. The SMILES string of the molecule is COc1cccc(OC)c1OCn1ccc(C(=O)NC(C)c2ccccc2)n1. The molecule has 1 atom stereocenters. The topological polar surface area (TPSA) is 74.6 Å². The zero-order chi connectivity index (χ0) is 19.9. The van der Waals surface area contributed by atoms with E-state index in [1.807, 2.05) is 43.3 Å². The van der Waals surface area contributed by atoms with E-state index in [0.717, 1.165) is 5.56 Å². The quantitative estimate of drug-likeness (QED) is 0.647. The Morgan fingerprint density at radius 2 is 1.71 bits per heavy atom. The lowest BCUT2D eigenvalue weighted by atomic mass is 10.1. The summed E-state index contributed by atoms with van der Waals surface area (Å²) in [5.74, 6) is 1.35. The fourth-order valence-electron chi connectivity index (χ4n) is 2.74. The van der Waals surface area contributed by atoms with E-state index in [-0.39, 0.29) is 18.7 Å². The third-order valence-corrected chi connectivity index (χ3v) is 4.24. The number of benzene rings is 2. The van der Waals surface area contributed by atoms with E-state index in [9.17, 15) is 4.79 Å². The summed E-state index contributed by atoms with van der Waals surface area (Å²) in [6.07, 6.45) is 1.68. The van der Waals surface area contributed by atoms with Gasteiger partial charge in [-0.25, -0.2) is 4.68 Å². The van der Waals surface area contributed by atoms with Gasteiger partial charge in [0.05, 0.1) is 20.3 Å². The number of carbonyl (C=O) groups excluding carboxylic acids is 1. The van der Waals surface area contributed by atoms with Crippen LogP contribution >= 0.6 is 0 Å². The molecule has 0 saturated carbocycles. The molecular weight excluding hydrogens is 358 g/mol. The maximum Gasteiger partial charge on any atom is 0.272 e. The Hall–Kier alpha value is -3.48.